The molecule has 1 atom stereocenters. The van der Waals surface area contributed by atoms with Crippen LogP contribution in [-0.4, -0.2) is 9.78 Å². The molecule has 0 aliphatic heterocycles. The molecule has 0 amide bonds. The van der Waals surface area contributed by atoms with Gasteiger partial charge in [-0.2, -0.15) is 5.10 Å². The molecule has 18 heavy (non-hydrogen) atoms. The average Bonchev–Trinajstić information content (AvgIpc) is 2.93. The fourth-order valence-corrected chi connectivity index (χ4v) is 2.04. The van der Waals surface area contributed by atoms with Gasteiger partial charge in [0.15, 0.2) is 0 Å². The van der Waals surface area contributed by atoms with E-state index in [-0.39, 0.29) is 6.04 Å². The zero-order valence-corrected chi connectivity index (χ0v) is 10.4. The molecule has 2 N–H and O–H groups in total. The van der Waals surface area contributed by atoms with Crippen molar-refractivity contribution in [3.05, 3.63) is 53.5 Å². The van der Waals surface area contributed by atoms with E-state index < -0.39 is 0 Å². The molecule has 92 valence electrons. The summed E-state index contributed by atoms with van der Waals surface area (Å²) in [6, 6.07) is 11.5. The Balaban J connectivity index is 2.03. The van der Waals surface area contributed by atoms with Gasteiger partial charge in [-0.05, 0) is 25.1 Å². The number of nitrogens with zero attached hydrogens (tertiary/aromatic N) is 2. The molecule has 2 aromatic heterocycles. The van der Waals surface area contributed by atoms with Crippen molar-refractivity contribution in [1.29, 1.82) is 0 Å². The van der Waals surface area contributed by atoms with E-state index in [0.717, 1.165) is 28.1 Å². The Morgan fingerprint density at radius 3 is 2.72 bits per heavy atom. The molecule has 0 fully saturated rings. The number of para-hydroxylation sites is 1. The lowest BCUT2D eigenvalue weighted by Gasteiger charge is -2.03. The van der Waals surface area contributed by atoms with Crippen LogP contribution >= 0.6 is 0 Å². The van der Waals surface area contributed by atoms with Crippen LogP contribution < -0.4 is 5.73 Å². The second-order valence-electron chi connectivity index (χ2n) is 4.50. The molecule has 0 radical (unpaired) electrons. The Hall–Kier alpha value is -2.07. The molecular formula is C14H15N3O. The smallest absolute Gasteiger partial charge is 0.134 e. The minimum Gasteiger partial charge on any atom is -0.459 e. The zero-order chi connectivity index (χ0) is 12.7. The maximum atomic E-state index is 6.19. The number of fused-ring (bicyclic) bond motifs is 1. The summed E-state index contributed by atoms with van der Waals surface area (Å²) in [6.45, 7) is 2.00. The third-order valence-electron chi connectivity index (χ3n) is 3.20. The molecule has 0 saturated carbocycles. The molecule has 0 spiro atoms. The van der Waals surface area contributed by atoms with Crippen LogP contribution in [0.5, 0.6) is 0 Å². The maximum absolute atomic E-state index is 6.19. The molecule has 0 aliphatic carbocycles. The number of aryl methyl sites for hydroxylation is 2. The van der Waals surface area contributed by atoms with E-state index in [4.69, 9.17) is 10.2 Å². The van der Waals surface area contributed by atoms with Gasteiger partial charge in [-0.25, -0.2) is 0 Å². The van der Waals surface area contributed by atoms with Gasteiger partial charge in [0.1, 0.15) is 17.4 Å². The van der Waals surface area contributed by atoms with Crippen molar-refractivity contribution in [1.82, 2.24) is 9.78 Å². The van der Waals surface area contributed by atoms with Crippen LogP contribution in [0.15, 0.2) is 40.8 Å². The largest absolute Gasteiger partial charge is 0.459 e. The predicted molar refractivity (Wildman–Crippen MR) is 70.2 cm³/mol. The molecule has 2 heterocycles. The Kier molecular flexibility index (Phi) is 2.45. The number of hydrogen-bond acceptors (Lipinski definition) is 3. The van der Waals surface area contributed by atoms with E-state index in [1.165, 1.54) is 0 Å². The van der Waals surface area contributed by atoms with Crippen LogP contribution in [-0.2, 0) is 7.05 Å². The first kappa shape index (κ1) is 11.0. The quantitative estimate of drug-likeness (QED) is 0.750. The van der Waals surface area contributed by atoms with Crippen LogP contribution in [0.3, 0.4) is 0 Å². The Bertz CT molecular complexity index is 643. The van der Waals surface area contributed by atoms with Crippen LogP contribution in [0.2, 0.25) is 0 Å². The highest BCUT2D eigenvalue weighted by molar-refractivity contribution is 5.77. The van der Waals surface area contributed by atoms with Gasteiger partial charge >= 0.3 is 0 Å². The van der Waals surface area contributed by atoms with Crippen molar-refractivity contribution >= 4 is 11.0 Å². The average molecular weight is 241 g/mol. The molecule has 3 rings (SSSR count). The molecule has 4 nitrogen and oxygen atoms in total. The summed E-state index contributed by atoms with van der Waals surface area (Å²) in [5, 5.41) is 5.45. The Morgan fingerprint density at radius 1 is 1.28 bits per heavy atom. The normalized spacial score (nSPS) is 13.1. The summed E-state index contributed by atoms with van der Waals surface area (Å²) in [6.07, 6.45) is 0. The van der Waals surface area contributed by atoms with Gasteiger partial charge in [-0.15, -0.1) is 0 Å². The number of benzene rings is 1. The SMILES string of the molecule is Cc1cc(C(N)c2cc3ccccc3o2)nn1C. The fourth-order valence-electron chi connectivity index (χ4n) is 2.04. The second-order valence-corrected chi connectivity index (χ2v) is 4.50. The second kappa shape index (κ2) is 3.99. The van der Waals surface area contributed by atoms with Gasteiger partial charge in [0, 0.05) is 18.1 Å². The van der Waals surface area contributed by atoms with Crippen LogP contribution in [0.1, 0.15) is 23.2 Å². The highest BCUT2D eigenvalue weighted by Crippen LogP contribution is 2.26. The molecule has 0 bridgehead atoms. The van der Waals surface area contributed by atoms with Crippen molar-refractivity contribution < 1.29 is 4.42 Å². The Morgan fingerprint density at radius 2 is 2.06 bits per heavy atom. The molecule has 0 aliphatic rings. The van der Waals surface area contributed by atoms with E-state index in [9.17, 15) is 0 Å². The van der Waals surface area contributed by atoms with Crippen LogP contribution in [0, 0.1) is 6.92 Å². The van der Waals surface area contributed by atoms with E-state index in [2.05, 4.69) is 5.10 Å². The topological polar surface area (TPSA) is 57.0 Å². The van der Waals surface area contributed by atoms with Crippen LogP contribution in [0.4, 0.5) is 0 Å². The minimum absolute atomic E-state index is 0.322. The lowest BCUT2D eigenvalue weighted by atomic mass is 10.1. The highest BCUT2D eigenvalue weighted by atomic mass is 16.3. The molecule has 1 aromatic carbocycles. The zero-order valence-electron chi connectivity index (χ0n) is 10.4. The maximum Gasteiger partial charge on any atom is 0.134 e. The van der Waals surface area contributed by atoms with Crippen molar-refractivity contribution in [2.45, 2.75) is 13.0 Å². The monoisotopic (exact) mass is 241 g/mol. The summed E-state index contributed by atoms with van der Waals surface area (Å²) >= 11 is 0. The Labute approximate surface area is 105 Å². The third kappa shape index (κ3) is 1.71. The van der Waals surface area contributed by atoms with Crippen molar-refractivity contribution in [2.75, 3.05) is 0 Å². The van der Waals surface area contributed by atoms with Gasteiger partial charge in [0.05, 0.1) is 5.69 Å². The highest BCUT2D eigenvalue weighted by Gasteiger charge is 2.17. The van der Waals surface area contributed by atoms with Crippen molar-refractivity contribution in [2.24, 2.45) is 12.8 Å². The third-order valence-corrected chi connectivity index (χ3v) is 3.20. The summed E-state index contributed by atoms with van der Waals surface area (Å²) in [7, 11) is 1.91. The van der Waals surface area contributed by atoms with Crippen LogP contribution in [0.25, 0.3) is 11.0 Å². The van der Waals surface area contributed by atoms with Gasteiger partial charge in [0.2, 0.25) is 0 Å². The van der Waals surface area contributed by atoms with Gasteiger partial charge in [0.25, 0.3) is 0 Å². The lowest BCUT2D eigenvalue weighted by Crippen LogP contribution is -2.11. The summed E-state index contributed by atoms with van der Waals surface area (Å²) < 4.78 is 7.58. The molecule has 4 heteroatoms. The van der Waals surface area contributed by atoms with Crippen molar-refractivity contribution in [3.63, 3.8) is 0 Å². The number of hydrogen-bond donors (Lipinski definition) is 1. The van der Waals surface area contributed by atoms with Crippen molar-refractivity contribution in [3.8, 4) is 0 Å². The number of aromatic nitrogens is 2. The first-order valence-electron chi connectivity index (χ1n) is 5.90. The molecule has 0 saturated heterocycles. The number of furan rings is 1. The first-order valence-corrected chi connectivity index (χ1v) is 5.90. The van der Waals surface area contributed by atoms with E-state index in [1.54, 1.807) is 0 Å². The summed E-state index contributed by atoms with van der Waals surface area (Å²) in [5.74, 6) is 0.745. The molecular weight excluding hydrogens is 226 g/mol. The van der Waals surface area contributed by atoms with Gasteiger partial charge in [-0.1, -0.05) is 18.2 Å². The van der Waals surface area contributed by atoms with Gasteiger partial charge < -0.3 is 10.2 Å². The fraction of sp³-hybridized carbons (Fsp3) is 0.214. The molecule has 1 unspecified atom stereocenters. The van der Waals surface area contributed by atoms with Gasteiger partial charge in [-0.3, -0.25) is 4.68 Å². The molecule has 3 aromatic rings. The standard InChI is InChI=1S/C14H15N3O/c1-9-7-11(16-17(9)2)14(15)13-8-10-5-3-4-6-12(10)18-13/h3-8,14H,15H2,1-2H3. The summed E-state index contributed by atoms with van der Waals surface area (Å²) in [4.78, 5) is 0. The van der Waals surface area contributed by atoms with E-state index in [0.29, 0.717) is 0 Å². The van der Waals surface area contributed by atoms with E-state index in [1.807, 2.05) is 55.1 Å². The minimum atomic E-state index is -0.322. The number of rotatable bonds is 2. The van der Waals surface area contributed by atoms with E-state index >= 15 is 0 Å². The predicted octanol–water partition coefficient (Wildman–Crippen LogP) is 2.52. The first-order chi connectivity index (χ1) is 8.65. The number of nitrogens with two attached hydrogens (primary N) is 1. The summed E-state index contributed by atoms with van der Waals surface area (Å²) in [5.41, 5.74) is 8.96. The lowest BCUT2D eigenvalue weighted by molar-refractivity contribution is 0.517.